The zero-order valence-electron chi connectivity index (χ0n) is 14.3. The van der Waals surface area contributed by atoms with Crippen LogP contribution in [0.5, 0.6) is 5.75 Å². The first-order valence-corrected chi connectivity index (χ1v) is 8.88. The normalized spacial score (nSPS) is 10.6. The van der Waals surface area contributed by atoms with Gasteiger partial charge in [0.1, 0.15) is 5.75 Å². The van der Waals surface area contributed by atoms with Gasteiger partial charge in [0.05, 0.1) is 15.6 Å². The van der Waals surface area contributed by atoms with Crippen LogP contribution in [0.1, 0.15) is 21.1 Å². The van der Waals surface area contributed by atoms with Crippen LogP contribution in [0, 0.1) is 24.0 Å². The Labute approximate surface area is 162 Å². The number of aromatic nitrogens is 3. The van der Waals surface area contributed by atoms with Gasteiger partial charge in [0.15, 0.2) is 17.6 Å². The van der Waals surface area contributed by atoms with E-state index in [2.05, 4.69) is 15.4 Å². The van der Waals surface area contributed by atoms with Gasteiger partial charge in [-0.1, -0.05) is 11.6 Å². The Hall–Kier alpha value is -2.98. The molecule has 0 aliphatic rings. The predicted octanol–water partition coefficient (Wildman–Crippen LogP) is 3.81. The quantitative estimate of drug-likeness (QED) is 0.491. The molecule has 0 unspecified atom stereocenters. The van der Waals surface area contributed by atoms with Crippen molar-refractivity contribution in [3.05, 3.63) is 61.9 Å². The lowest BCUT2D eigenvalue weighted by Gasteiger charge is -2.07. The highest BCUT2D eigenvalue weighted by Crippen LogP contribution is 2.28. The molecule has 0 aliphatic carbocycles. The van der Waals surface area contributed by atoms with Crippen LogP contribution in [0.25, 0.3) is 0 Å². The van der Waals surface area contributed by atoms with Crippen molar-refractivity contribution in [1.29, 1.82) is 0 Å². The minimum Gasteiger partial charge on any atom is -0.470 e. The van der Waals surface area contributed by atoms with Crippen LogP contribution in [-0.4, -0.2) is 25.6 Å². The maximum atomic E-state index is 12.2. The SMILES string of the molecule is Cc1nc(NC(=O)c2ccn(COc3ccc([N+](=O)[O-])cc3Cl)n2)sc1C. The molecule has 2 aromatic heterocycles. The third-order valence-electron chi connectivity index (χ3n) is 3.60. The number of benzene rings is 1. The summed E-state index contributed by atoms with van der Waals surface area (Å²) in [7, 11) is 0. The molecule has 3 rings (SSSR count). The summed E-state index contributed by atoms with van der Waals surface area (Å²) < 4.78 is 6.90. The molecule has 1 aromatic carbocycles. The highest BCUT2D eigenvalue weighted by atomic mass is 35.5. The molecule has 0 fully saturated rings. The molecule has 0 spiro atoms. The molecular formula is C16H14ClN5O4S. The van der Waals surface area contributed by atoms with Crippen molar-refractivity contribution in [3.63, 3.8) is 0 Å². The van der Waals surface area contributed by atoms with E-state index >= 15 is 0 Å². The fraction of sp³-hybridized carbons (Fsp3) is 0.188. The van der Waals surface area contributed by atoms with Crippen LogP contribution in [0.4, 0.5) is 10.8 Å². The lowest BCUT2D eigenvalue weighted by Crippen LogP contribution is -2.14. The molecule has 3 aromatic rings. The Morgan fingerprint density at radius 1 is 1.41 bits per heavy atom. The number of amides is 1. The van der Waals surface area contributed by atoms with E-state index in [0.29, 0.717) is 5.13 Å². The Morgan fingerprint density at radius 3 is 2.81 bits per heavy atom. The third-order valence-corrected chi connectivity index (χ3v) is 4.88. The van der Waals surface area contributed by atoms with E-state index in [1.165, 1.54) is 34.2 Å². The Balaban J connectivity index is 1.62. The van der Waals surface area contributed by atoms with Crippen LogP contribution in [0.15, 0.2) is 30.5 Å². The molecule has 0 saturated carbocycles. The number of thiazole rings is 1. The average Bonchev–Trinajstić information content (AvgIpc) is 3.20. The van der Waals surface area contributed by atoms with Gasteiger partial charge in [-0.05, 0) is 26.0 Å². The lowest BCUT2D eigenvalue weighted by atomic mass is 10.3. The number of non-ortho nitro benzene ring substituents is 1. The second-order valence-electron chi connectivity index (χ2n) is 5.50. The second-order valence-corrected chi connectivity index (χ2v) is 7.11. The zero-order valence-corrected chi connectivity index (χ0v) is 15.9. The standard InChI is InChI=1S/C16H14ClN5O4S/c1-9-10(2)27-16(18-9)19-15(23)13-5-6-21(20-13)8-26-14-4-3-11(22(24)25)7-12(14)17/h3-7H,8H2,1-2H3,(H,18,19,23). The first-order chi connectivity index (χ1) is 12.8. The van der Waals surface area contributed by atoms with Crippen LogP contribution in [0.2, 0.25) is 5.02 Å². The molecule has 0 aliphatic heterocycles. The molecule has 1 N–H and O–H groups in total. The van der Waals surface area contributed by atoms with Crippen molar-refractivity contribution in [2.45, 2.75) is 20.6 Å². The molecule has 2 heterocycles. The number of hydrogen-bond acceptors (Lipinski definition) is 7. The summed E-state index contributed by atoms with van der Waals surface area (Å²) >= 11 is 7.36. The average molecular weight is 408 g/mol. The summed E-state index contributed by atoms with van der Waals surface area (Å²) in [4.78, 5) is 27.7. The maximum Gasteiger partial charge on any atom is 0.277 e. The Morgan fingerprint density at radius 2 is 2.19 bits per heavy atom. The number of hydrogen-bond donors (Lipinski definition) is 1. The van der Waals surface area contributed by atoms with Gasteiger partial charge < -0.3 is 4.74 Å². The topological polar surface area (TPSA) is 112 Å². The first-order valence-electron chi connectivity index (χ1n) is 7.69. The van der Waals surface area contributed by atoms with Crippen molar-refractivity contribution >= 4 is 39.7 Å². The fourth-order valence-electron chi connectivity index (χ4n) is 2.10. The van der Waals surface area contributed by atoms with E-state index in [4.69, 9.17) is 16.3 Å². The Kier molecular flexibility index (Phi) is 5.38. The molecular weight excluding hydrogens is 394 g/mol. The van der Waals surface area contributed by atoms with E-state index in [0.717, 1.165) is 10.6 Å². The first kappa shape index (κ1) is 18.8. The van der Waals surface area contributed by atoms with E-state index < -0.39 is 4.92 Å². The zero-order chi connectivity index (χ0) is 19.6. The number of aryl methyl sites for hydroxylation is 2. The number of carbonyl (C=O) groups is 1. The summed E-state index contributed by atoms with van der Waals surface area (Å²) in [6, 6.07) is 5.45. The molecule has 27 heavy (non-hydrogen) atoms. The van der Waals surface area contributed by atoms with Crippen molar-refractivity contribution in [2.75, 3.05) is 5.32 Å². The van der Waals surface area contributed by atoms with Gasteiger partial charge in [-0.15, -0.1) is 11.3 Å². The molecule has 9 nitrogen and oxygen atoms in total. The molecule has 0 radical (unpaired) electrons. The molecule has 0 saturated heterocycles. The predicted molar refractivity (Wildman–Crippen MR) is 101 cm³/mol. The Bertz CT molecular complexity index is 997. The number of anilines is 1. The largest absolute Gasteiger partial charge is 0.470 e. The molecule has 140 valence electrons. The third kappa shape index (κ3) is 4.41. The number of halogens is 1. The molecule has 0 atom stereocenters. The van der Waals surface area contributed by atoms with E-state index in [9.17, 15) is 14.9 Å². The summed E-state index contributed by atoms with van der Waals surface area (Å²) in [5, 5.41) is 18.2. The molecule has 0 bridgehead atoms. The fourth-order valence-corrected chi connectivity index (χ4v) is 3.14. The number of rotatable bonds is 6. The van der Waals surface area contributed by atoms with Gasteiger partial charge in [0.25, 0.3) is 11.6 Å². The van der Waals surface area contributed by atoms with Crippen molar-refractivity contribution in [2.24, 2.45) is 0 Å². The van der Waals surface area contributed by atoms with E-state index in [1.807, 2.05) is 13.8 Å². The van der Waals surface area contributed by atoms with Gasteiger partial charge in [-0.2, -0.15) is 5.10 Å². The smallest absolute Gasteiger partial charge is 0.277 e. The van der Waals surface area contributed by atoms with Crippen LogP contribution < -0.4 is 10.1 Å². The van der Waals surface area contributed by atoms with Gasteiger partial charge in [-0.3, -0.25) is 20.2 Å². The minimum absolute atomic E-state index is 0.0136. The number of nitro groups is 1. The summed E-state index contributed by atoms with van der Waals surface area (Å²) in [5.74, 6) is -0.103. The highest BCUT2D eigenvalue weighted by Gasteiger charge is 2.14. The van der Waals surface area contributed by atoms with E-state index in [-0.39, 0.29) is 34.8 Å². The van der Waals surface area contributed by atoms with Gasteiger partial charge >= 0.3 is 0 Å². The summed E-state index contributed by atoms with van der Waals surface area (Å²) in [5.41, 5.74) is 0.950. The lowest BCUT2D eigenvalue weighted by molar-refractivity contribution is -0.384. The van der Waals surface area contributed by atoms with E-state index in [1.54, 1.807) is 12.3 Å². The van der Waals surface area contributed by atoms with Crippen LogP contribution >= 0.6 is 22.9 Å². The van der Waals surface area contributed by atoms with Gasteiger partial charge in [0, 0.05) is 23.2 Å². The summed E-state index contributed by atoms with van der Waals surface area (Å²) in [6.07, 6.45) is 1.58. The summed E-state index contributed by atoms with van der Waals surface area (Å²) in [6.45, 7) is 3.79. The van der Waals surface area contributed by atoms with Crippen LogP contribution in [0.3, 0.4) is 0 Å². The minimum atomic E-state index is -0.542. The van der Waals surface area contributed by atoms with Crippen molar-refractivity contribution in [3.8, 4) is 5.75 Å². The number of nitro benzene ring substituents is 1. The van der Waals surface area contributed by atoms with Crippen molar-refractivity contribution in [1.82, 2.24) is 14.8 Å². The van der Waals surface area contributed by atoms with Gasteiger partial charge in [-0.25, -0.2) is 9.67 Å². The number of nitrogens with one attached hydrogen (secondary N) is 1. The highest BCUT2D eigenvalue weighted by molar-refractivity contribution is 7.15. The monoisotopic (exact) mass is 407 g/mol. The second kappa shape index (κ2) is 7.72. The number of nitrogens with zero attached hydrogens (tertiary/aromatic N) is 4. The number of carbonyl (C=O) groups excluding carboxylic acids is 1. The number of ether oxygens (including phenoxy) is 1. The molecule has 1 amide bonds. The molecule has 11 heteroatoms. The van der Waals surface area contributed by atoms with Gasteiger partial charge in [0.2, 0.25) is 0 Å². The van der Waals surface area contributed by atoms with Crippen LogP contribution in [-0.2, 0) is 6.73 Å². The van der Waals surface area contributed by atoms with Crippen molar-refractivity contribution < 1.29 is 14.5 Å². The maximum absolute atomic E-state index is 12.2.